The molecule has 0 radical (unpaired) electrons. The predicted octanol–water partition coefficient (Wildman–Crippen LogP) is 3.80. The summed E-state index contributed by atoms with van der Waals surface area (Å²) in [6.45, 7) is 5.44. The second kappa shape index (κ2) is 9.45. The second-order valence-corrected chi connectivity index (χ2v) is 3.21. The van der Waals surface area contributed by atoms with E-state index in [0.29, 0.717) is 0 Å². The van der Waals surface area contributed by atoms with E-state index in [4.69, 9.17) is 4.79 Å². The van der Waals surface area contributed by atoms with E-state index < -0.39 is 0 Å². The molecular weight excluding hydrogens is 184 g/mol. The highest BCUT2D eigenvalue weighted by Gasteiger charge is 2.05. The van der Waals surface area contributed by atoms with E-state index in [0.717, 1.165) is 6.29 Å². The molecule has 0 bridgehead atoms. The lowest BCUT2D eigenvalue weighted by Gasteiger charge is -2.13. The number of carbonyl (C=O) groups excluding carboxylic acids is 1. The summed E-state index contributed by atoms with van der Waals surface area (Å²) in [7, 11) is 0. The first-order valence-electron chi connectivity index (χ1n) is 5.85. The molecule has 0 amide bonds. The van der Waals surface area contributed by atoms with Crippen molar-refractivity contribution in [2.45, 2.75) is 46.5 Å². The van der Waals surface area contributed by atoms with Gasteiger partial charge in [-0.25, -0.2) is 0 Å². The normalized spacial score (nSPS) is 12.2. The maximum absolute atomic E-state index is 8.81. The van der Waals surface area contributed by atoms with E-state index in [1.807, 2.05) is 13.8 Å². The van der Waals surface area contributed by atoms with Crippen LogP contribution in [0.3, 0.4) is 0 Å². The average molecular weight is 206 g/mol. The Bertz CT molecular complexity index is 241. The van der Waals surface area contributed by atoms with Gasteiger partial charge in [0, 0.05) is 0 Å². The molecule has 1 aromatic carbocycles. The Morgan fingerprint density at radius 1 is 1.00 bits per heavy atom. The minimum atomic E-state index is 0.750. The maximum Gasteiger partial charge on any atom is 0.116 e. The molecule has 0 saturated carbocycles. The number of rotatable bonds is 0. The number of aryl methyl sites for hydroxylation is 2. The lowest BCUT2D eigenvalue weighted by atomic mass is 9.92. The van der Waals surface area contributed by atoms with Crippen LogP contribution in [0.15, 0.2) is 24.3 Å². The van der Waals surface area contributed by atoms with Crippen molar-refractivity contribution >= 4 is 6.29 Å². The summed E-state index contributed by atoms with van der Waals surface area (Å²) in [6.07, 6.45) is 6.13. The van der Waals surface area contributed by atoms with Crippen molar-refractivity contribution in [3.8, 4) is 0 Å². The van der Waals surface area contributed by atoms with E-state index >= 15 is 0 Å². The molecule has 1 aromatic rings. The molecule has 1 aliphatic carbocycles. The summed E-state index contributed by atoms with van der Waals surface area (Å²) in [5.41, 5.74) is 3.16. The number of carbonyl (C=O) groups is 1. The number of fused-ring (bicyclic) bond motifs is 1. The summed E-state index contributed by atoms with van der Waals surface area (Å²) in [5, 5.41) is 0. The molecule has 0 heterocycles. The van der Waals surface area contributed by atoms with Crippen molar-refractivity contribution in [1.29, 1.82) is 0 Å². The van der Waals surface area contributed by atoms with Crippen LogP contribution in [0.1, 0.15) is 44.7 Å². The fraction of sp³-hybridized carbons (Fsp3) is 0.500. The molecule has 1 heteroatoms. The quantitative estimate of drug-likeness (QED) is 0.590. The van der Waals surface area contributed by atoms with Crippen LogP contribution in [0.2, 0.25) is 0 Å². The standard InChI is InChI=1S/C10H12.C2H4O.C2H6/c1-2-6-10-8-4-3-7-9(10)5-1;1-2-3;1-2/h1-2,5-6H,3-4,7-8H2;2H,1H3;1-2H3. The molecular formula is C14H22O. The van der Waals surface area contributed by atoms with Gasteiger partial charge in [0.05, 0.1) is 0 Å². The van der Waals surface area contributed by atoms with Gasteiger partial charge in [0.1, 0.15) is 6.29 Å². The number of benzene rings is 1. The van der Waals surface area contributed by atoms with Crippen LogP contribution in [-0.2, 0) is 17.6 Å². The van der Waals surface area contributed by atoms with Crippen LogP contribution >= 0.6 is 0 Å². The highest BCUT2D eigenvalue weighted by atomic mass is 16.1. The Hall–Kier alpha value is -1.11. The monoisotopic (exact) mass is 206 g/mol. The van der Waals surface area contributed by atoms with Crippen molar-refractivity contribution in [2.75, 3.05) is 0 Å². The molecule has 1 nitrogen and oxygen atoms in total. The van der Waals surface area contributed by atoms with Gasteiger partial charge in [-0.05, 0) is 43.7 Å². The topological polar surface area (TPSA) is 17.1 Å². The molecule has 0 unspecified atom stereocenters. The molecule has 15 heavy (non-hydrogen) atoms. The Morgan fingerprint density at radius 3 is 1.67 bits per heavy atom. The third-order valence-corrected chi connectivity index (χ3v) is 2.26. The van der Waals surface area contributed by atoms with Gasteiger partial charge in [-0.2, -0.15) is 0 Å². The molecule has 0 spiro atoms. The minimum Gasteiger partial charge on any atom is -0.304 e. The first-order chi connectivity index (χ1) is 7.38. The lowest BCUT2D eigenvalue weighted by Crippen LogP contribution is -2.00. The van der Waals surface area contributed by atoms with Crippen LogP contribution in [0.4, 0.5) is 0 Å². The first-order valence-corrected chi connectivity index (χ1v) is 5.85. The third-order valence-electron chi connectivity index (χ3n) is 2.26. The van der Waals surface area contributed by atoms with Gasteiger partial charge in [-0.1, -0.05) is 38.1 Å². The SMILES string of the molecule is CC.CC=O.c1ccc2c(c1)CCCC2. The van der Waals surface area contributed by atoms with Gasteiger partial charge in [0.2, 0.25) is 0 Å². The van der Waals surface area contributed by atoms with E-state index in [1.54, 1.807) is 11.1 Å². The Labute approximate surface area is 93.5 Å². The van der Waals surface area contributed by atoms with Crippen molar-refractivity contribution in [3.63, 3.8) is 0 Å². The average Bonchev–Trinajstić information content (AvgIpc) is 2.33. The molecule has 0 aliphatic heterocycles. The molecule has 0 saturated heterocycles. The van der Waals surface area contributed by atoms with Crippen LogP contribution < -0.4 is 0 Å². The van der Waals surface area contributed by atoms with Gasteiger partial charge in [0.25, 0.3) is 0 Å². The van der Waals surface area contributed by atoms with Gasteiger partial charge >= 0.3 is 0 Å². The molecule has 0 N–H and O–H groups in total. The van der Waals surface area contributed by atoms with E-state index in [-0.39, 0.29) is 0 Å². The number of aldehydes is 1. The van der Waals surface area contributed by atoms with Crippen molar-refractivity contribution < 1.29 is 4.79 Å². The zero-order valence-electron chi connectivity index (χ0n) is 10.1. The van der Waals surface area contributed by atoms with E-state index in [9.17, 15) is 0 Å². The van der Waals surface area contributed by atoms with Gasteiger partial charge in [0.15, 0.2) is 0 Å². The Balaban J connectivity index is 0.000000342. The van der Waals surface area contributed by atoms with Crippen LogP contribution in [-0.4, -0.2) is 6.29 Å². The Morgan fingerprint density at radius 2 is 1.33 bits per heavy atom. The van der Waals surface area contributed by atoms with Crippen LogP contribution in [0.5, 0.6) is 0 Å². The molecule has 0 aromatic heterocycles. The highest BCUT2D eigenvalue weighted by molar-refractivity contribution is 5.44. The van der Waals surface area contributed by atoms with Gasteiger partial charge < -0.3 is 4.79 Å². The summed E-state index contributed by atoms with van der Waals surface area (Å²) in [5.74, 6) is 0. The summed E-state index contributed by atoms with van der Waals surface area (Å²) < 4.78 is 0. The zero-order chi connectivity index (χ0) is 11.5. The highest BCUT2D eigenvalue weighted by Crippen LogP contribution is 2.19. The zero-order valence-corrected chi connectivity index (χ0v) is 10.1. The van der Waals surface area contributed by atoms with Gasteiger partial charge in [-0.15, -0.1) is 0 Å². The second-order valence-electron chi connectivity index (χ2n) is 3.21. The van der Waals surface area contributed by atoms with Crippen LogP contribution in [0.25, 0.3) is 0 Å². The number of hydrogen-bond acceptors (Lipinski definition) is 1. The smallest absolute Gasteiger partial charge is 0.116 e. The summed E-state index contributed by atoms with van der Waals surface area (Å²) in [6, 6.07) is 8.80. The Kier molecular flexibility index (Phi) is 8.75. The van der Waals surface area contributed by atoms with E-state index in [1.165, 1.54) is 32.6 Å². The molecule has 0 atom stereocenters. The summed E-state index contributed by atoms with van der Waals surface area (Å²) in [4.78, 5) is 8.81. The molecule has 1 aliphatic rings. The molecule has 0 fully saturated rings. The fourth-order valence-electron chi connectivity index (χ4n) is 1.68. The summed E-state index contributed by atoms with van der Waals surface area (Å²) >= 11 is 0. The lowest BCUT2D eigenvalue weighted by molar-refractivity contribution is -0.106. The minimum absolute atomic E-state index is 0.750. The molecule has 84 valence electrons. The molecule has 2 rings (SSSR count). The maximum atomic E-state index is 8.81. The fourth-order valence-corrected chi connectivity index (χ4v) is 1.68. The van der Waals surface area contributed by atoms with Crippen molar-refractivity contribution in [3.05, 3.63) is 35.4 Å². The largest absolute Gasteiger partial charge is 0.304 e. The van der Waals surface area contributed by atoms with Crippen molar-refractivity contribution in [2.24, 2.45) is 0 Å². The van der Waals surface area contributed by atoms with Crippen LogP contribution in [0, 0.1) is 0 Å². The number of hydrogen-bond donors (Lipinski definition) is 0. The van der Waals surface area contributed by atoms with E-state index in [2.05, 4.69) is 24.3 Å². The third kappa shape index (κ3) is 5.36. The predicted molar refractivity (Wildman–Crippen MR) is 66.2 cm³/mol. The van der Waals surface area contributed by atoms with Gasteiger partial charge in [-0.3, -0.25) is 0 Å². The van der Waals surface area contributed by atoms with Crippen molar-refractivity contribution in [1.82, 2.24) is 0 Å². The first kappa shape index (κ1) is 13.9.